The number of nitrogens with two attached hydrogens (primary N) is 1. The largest absolute Gasteiger partial charge is 0.349 e. The molecule has 1 aromatic rings. The average molecular weight is 347 g/mol. The minimum atomic E-state index is -3.82. The molecular weight excluding hydrogens is 332 g/mol. The number of nitrogens with one attached hydrogen (secondary N) is 1. The molecular formula is C12H15BrN2O3S. The molecule has 3 N–H and O–H groups in total. The van der Waals surface area contributed by atoms with E-state index in [2.05, 4.69) is 28.2 Å². The van der Waals surface area contributed by atoms with Gasteiger partial charge in [0.05, 0.1) is 4.90 Å². The van der Waals surface area contributed by atoms with E-state index in [1.54, 1.807) is 6.07 Å². The molecule has 0 spiro atoms. The van der Waals surface area contributed by atoms with E-state index in [9.17, 15) is 13.2 Å². The summed E-state index contributed by atoms with van der Waals surface area (Å²) in [5, 5.41) is 7.94. The van der Waals surface area contributed by atoms with Crippen LogP contribution in [0.2, 0.25) is 0 Å². The molecule has 7 heteroatoms. The topological polar surface area (TPSA) is 89.3 Å². The van der Waals surface area contributed by atoms with Gasteiger partial charge in [-0.1, -0.05) is 22.9 Å². The number of rotatable bonds is 3. The lowest BCUT2D eigenvalue weighted by molar-refractivity contribution is 0.0896. The lowest BCUT2D eigenvalue weighted by Gasteiger charge is -2.33. The summed E-state index contributed by atoms with van der Waals surface area (Å²) in [5.74, 6) is 0.357. The van der Waals surface area contributed by atoms with Crippen molar-refractivity contribution in [2.24, 2.45) is 11.1 Å². The molecule has 1 aromatic carbocycles. The Morgan fingerprint density at radius 2 is 2.00 bits per heavy atom. The van der Waals surface area contributed by atoms with Crippen molar-refractivity contribution in [3.8, 4) is 0 Å². The zero-order valence-electron chi connectivity index (χ0n) is 10.4. The molecule has 0 bridgehead atoms. The Hall–Kier alpha value is -0.920. The quantitative estimate of drug-likeness (QED) is 0.871. The van der Waals surface area contributed by atoms with Crippen molar-refractivity contribution in [3.05, 3.63) is 28.2 Å². The van der Waals surface area contributed by atoms with Crippen LogP contribution in [0, 0.1) is 5.92 Å². The minimum Gasteiger partial charge on any atom is -0.349 e. The molecule has 1 amide bonds. The van der Waals surface area contributed by atoms with Crippen LogP contribution in [0.3, 0.4) is 0 Å². The molecule has 1 aliphatic rings. The number of benzene rings is 1. The number of sulfonamides is 1. The lowest BCUT2D eigenvalue weighted by Crippen LogP contribution is -2.43. The third-order valence-electron chi connectivity index (χ3n) is 3.17. The summed E-state index contributed by atoms with van der Waals surface area (Å²) < 4.78 is 23.1. The molecule has 1 fully saturated rings. The first kappa shape index (κ1) is 14.5. The molecule has 0 aliphatic heterocycles. The van der Waals surface area contributed by atoms with E-state index in [0.717, 1.165) is 12.8 Å². The molecule has 0 unspecified atom stereocenters. The van der Waals surface area contributed by atoms with E-state index in [1.807, 2.05) is 0 Å². The maximum Gasteiger partial charge on any atom is 0.251 e. The summed E-state index contributed by atoms with van der Waals surface area (Å²) >= 11 is 3.18. The summed E-state index contributed by atoms with van der Waals surface area (Å²) in [5.41, 5.74) is 0.290. The van der Waals surface area contributed by atoms with E-state index in [4.69, 9.17) is 5.14 Å². The lowest BCUT2D eigenvalue weighted by atomic mass is 9.82. The first-order chi connectivity index (χ1) is 8.75. The minimum absolute atomic E-state index is 0.0750. The first-order valence-corrected chi connectivity index (χ1v) is 8.24. The number of hydrogen-bond donors (Lipinski definition) is 2. The van der Waals surface area contributed by atoms with Crippen molar-refractivity contribution in [2.45, 2.75) is 30.7 Å². The van der Waals surface area contributed by atoms with Crippen LogP contribution in [0.15, 0.2) is 27.6 Å². The second-order valence-corrected chi connectivity index (χ2v) is 7.44. The monoisotopic (exact) mass is 346 g/mol. The maximum atomic E-state index is 12.0. The maximum absolute atomic E-state index is 12.0. The van der Waals surface area contributed by atoms with E-state index in [-0.39, 0.29) is 22.4 Å². The number of carbonyl (C=O) groups is 1. The molecule has 0 aromatic heterocycles. The SMILES string of the molecule is CC1CC(NC(=O)c2cc(Br)cc(S(N)(=O)=O)c2)C1. The molecule has 104 valence electrons. The van der Waals surface area contributed by atoms with Crippen LogP contribution in [-0.4, -0.2) is 20.4 Å². The van der Waals surface area contributed by atoms with Gasteiger partial charge in [0.25, 0.3) is 5.91 Å². The predicted octanol–water partition coefficient (Wildman–Crippen LogP) is 1.62. The van der Waals surface area contributed by atoms with Crippen LogP contribution in [0.5, 0.6) is 0 Å². The molecule has 0 saturated heterocycles. The molecule has 0 heterocycles. The van der Waals surface area contributed by atoms with Crippen LogP contribution in [0.25, 0.3) is 0 Å². The summed E-state index contributed by atoms with van der Waals surface area (Å²) in [7, 11) is -3.82. The number of amides is 1. The summed E-state index contributed by atoms with van der Waals surface area (Å²) in [6, 6.07) is 4.42. The normalized spacial score (nSPS) is 22.7. The van der Waals surface area contributed by atoms with Gasteiger partial charge in [0, 0.05) is 16.1 Å². The van der Waals surface area contributed by atoms with Gasteiger partial charge in [-0.15, -0.1) is 0 Å². The van der Waals surface area contributed by atoms with Crippen LogP contribution < -0.4 is 10.5 Å². The Labute approximate surface area is 120 Å². The van der Waals surface area contributed by atoms with E-state index >= 15 is 0 Å². The van der Waals surface area contributed by atoms with Crippen molar-refractivity contribution < 1.29 is 13.2 Å². The van der Waals surface area contributed by atoms with Gasteiger partial charge in [0.15, 0.2) is 0 Å². The van der Waals surface area contributed by atoms with Gasteiger partial charge in [-0.2, -0.15) is 0 Å². The third kappa shape index (κ3) is 3.55. The average Bonchev–Trinajstić information content (AvgIpc) is 2.24. The summed E-state index contributed by atoms with van der Waals surface area (Å²) in [6.07, 6.45) is 1.92. The fourth-order valence-electron chi connectivity index (χ4n) is 2.15. The fourth-order valence-corrected chi connectivity index (χ4v) is 3.37. The molecule has 2 rings (SSSR count). The molecule has 0 radical (unpaired) electrons. The molecule has 19 heavy (non-hydrogen) atoms. The highest BCUT2D eigenvalue weighted by molar-refractivity contribution is 9.10. The van der Waals surface area contributed by atoms with Gasteiger partial charge in [0.1, 0.15) is 0 Å². The zero-order valence-corrected chi connectivity index (χ0v) is 12.8. The van der Waals surface area contributed by atoms with E-state index in [0.29, 0.717) is 10.4 Å². The van der Waals surface area contributed by atoms with Gasteiger partial charge >= 0.3 is 0 Å². The van der Waals surface area contributed by atoms with Crippen molar-refractivity contribution in [2.75, 3.05) is 0 Å². The van der Waals surface area contributed by atoms with Crippen molar-refractivity contribution in [1.82, 2.24) is 5.32 Å². The molecule has 0 atom stereocenters. The van der Waals surface area contributed by atoms with Gasteiger partial charge in [0.2, 0.25) is 10.0 Å². The van der Waals surface area contributed by atoms with Crippen molar-refractivity contribution in [1.29, 1.82) is 0 Å². The van der Waals surface area contributed by atoms with Gasteiger partial charge in [-0.25, -0.2) is 13.6 Å². The van der Waals surface area contributed by atoms with Crippen molar-refractivity contribution in [3.63, 3.8) is 0 Å². The number of carbonyl (C=O) groups excluding carboxylic acids is 1. The van der Waals surface area contributed by atoms with E-state index in [1.165, 1.54) is 12.1 Å². The Bertz CT molecular complexity index is 609. The van der Waals surface area contributed by atoms with Gasteiger partial charge in [-0.05, 0) is 37.0 Å². The second-order valence-electron chi connectivity index (χ2n) is 4.97. The summed E-state index contributed by atoms with van der Waals surface area (Å²) in [6.45, 7) is 2.13. The van der Waals surface area contributed by atoms with Gasteiger partial charge in [-0.3, -0.25) is 4.79 Å². The van der Waals surface area contributed by atoms with Crippen molar-refractivity contribution >= 4 is 31.9 Å². The highest BCUT2D eigenvalue weighted by Crippen LogP contribution is 2.27. The third-order valence-corrected chi connectivity index (χ3v) is 4.52. The standard InChI is InChI=1S/C12H15BrN2O3S/c1-7-2-10(3-7)15-12(16)8-4-9(13)6-11(5-8)19(14,17)18/h4-7,10H,2-3H2,1H3,(H,15,16)(H2,14,17,18). The summed E-state index contributed by atoms with van der Waals surface area (Å²) in [4.78, 5) is 11.9. The Balaban J connectivity index is 2.20. The Kier molecular flexibility index (Phi) is 3.98. The Morgan fingerprint density at radius 3 is 2.53 bits per heavy atom. The molecule has 1 saturated carbocycles. The smallest absolute Gasteiger partial charge is 0.251 e. The molecule has 1 aliphatic carbocycles. The number of primary sulfonamides is 1. The Morgan fingerprint density at radius 1 is 1.37 bits per heavy atom. The highest BCUT2D eigenvalue weighted by Gasteiger charge is 2.27. The van der Waals surface area contributed by atoms with Crippen LogP contribution in [0.4, 0.5) is 0 Å². The number of hydrogen-bond acceptors (Lipinski definition) is 3. The van der Waals surface area contributed by atoms with Crippen LogP contribution in [-0.2, 0) is 10.0 Å². The molecule has 5 nitrogen and oxygen atoms in total. The van der Waals surface area contributed by atoms with E-state index < -0.39 is 10.0 Å². The van der Waals surface area contributed by atoms with Crippen LogP contribution >= 0.6 is 15.9 Å². The number of halogens is 1. The predicted molar refractivity (Wildman–Crippen MR) is 75.2 cm³/mol. The highest BCUT2D eigenvalue weighted by atomic mass is 79.9. The van der Waals surface area contributed by atoms with Gasteiger partial charge < -0.3 is 5.32 Å². The first-order valence-electron chi connectivity index (χ1n) is 5.90. The zero-order chi connectivity index (χ0) is 14.2. The van der Waals surface area contributed by atoms with Crippen LogP contribution in [0.1, 0.15) is 30.1 Å². The second kappa shape index (κ2) is 5.22. The fraction of sp³-hybridized carbons (Fsp3) is 0.417.